The number of benzene rings is 1. The van der Waals surface area contributed by atoms with Crippen LogP contribution in [0.3, 0.4) is 0 Å². The Morgan fingerprint density at radius 1 is 1.62 bits per heavy atom. The lowest BCUT2D eigenvalue weighted by atomic mass is 10.0. The number of carboxylic acids is 1. The Balaban J connectivity index is 2.91. The number of aliphatic carboxylic acids is 1. The van der Waals surface area contributed by atoms with Gasteiger partial charge < -0.3 is 5.11 Å². The molecule has 1 N–H and O–H groups in total. The maximum absolute atomic E-state index is 10.6. The molecule has 0 radical (unpaired) electrons. The van der Waals surface area contributed by atoms with Crippen molar-refractivity contribution in [2.75, 3.05) is 0 Å². The van der Waals surface area contributed by atoms with E-state index in [-0.39, 0.29) is 17.1 Å². The first kappa shape index (κ1) is 12.4. The van der Waals surface area contributed by atoms with Gasteiger partial charge in [-0.25, -0.2) is 0 Å². The Hall–Kier alpha value is -1.62. The van der Waals surface area contributed by atoms with E-state index >= 15 is 0 Å². The summed E-state index contributed by atoms with van der Waals surface area (Å²) in [6.07, 6.45) is 0.256. The third-order valence-corrected chi connectivity index (χ3v) is 2.55. The summed E-state index contributed by atoms with van der Waals surface area (Å²) in [6.45, 7) is 1.56. The molecule has 0 aliphatic carbocycles. The fourth-order valence-electron chi connectivity index (χ4n) is 1.23. The Kier molecular flexibility index (Phi) is 3.84. The normalized spacial score (nSPS) is 12.1. The van der Waals surface area contributed by atoms with E-state index in [1.807, 2.05) is 0 Å². The van der Waals surface area contributed by atoms with Crippen molar-refractivity contribution < 1.29 is 14.8 Å². The average Bonchev–Trinajstić information content (AvgIpc) is 2.20. The Bertz CT molecular complexity index is 433. The van der Waals surface area contributed by atoms with Crippen molar-refractivity contribution >= 4 is 23.3 Å². The van der Waals surface area contributed by atoms with E-state index in [0.717, 1.165) is 0 Å². The Morgan fingerprint density at radius 3 is 2.69 bits per heavy atom. The van der Waals surface area contributed by atoms with Crippen LogP contribution in [0.15, 0.2) is 18.2 Å². The van der Waals surface area contributed by atoms with E-state index in [2.05, 4.69) is 0 Å². The van der Waals surface area contributed by atoms with Crippen molar-refractivity contribution in [1.82, 2.24) is 0 Å². The molecule has 1 atom stereocenters. The zero-order valence-electron chi connectivity index (χ0n) is 8.51. The monoisotopic (exact) mass is 243 g/mol. The smallest absolute Gasteiger partial charge is 0.306 e. The molecule has 0 saturated carbocycles. The van der Waals surface area contributed by atoms with Gasteiger partial charge in [0, 0.05) is 12.1 Å². The molecular weight excluding hydrogens is 234 g/mol. The molecule has 0 aliphatic heterocycles. The van der Waals surface area contributed by atoms with Crippen LogP contribution in [0.5, 0.6) is 0 Å². The predicted octanol–water partition coefficient (Wildman–Crippen LogP) is 2.51. The second-order valence-corrected chi connectivity index (χ2v) is 3.88. The maximum atomic E-state index is 10.6. The molecule has 0 amide bonds. The highest BCUT2D eigenvalue weighted by Crippen LogP contribution is 2.24. The summed E-state index contributed by atoms with van der Waals surface area (Å²) in [6, 6.07) is 4.03. The van der Waals surface area contributed by atoms with Gasteiger partial charge in [0.1, 0.15) is 0 Å². The number of carboxylic acid groups (broad SMARTS) is 1. The van der Waals surface area contributed by atoms with E-state index in [4.69, 9.17) is 16.7 Å². The highest BCUT2D eigenvalue weighted by molar-refractivity contribution is 6.31. The largest absolute Gasteiger partial charge is 0.481 e. The molecule has 0 aliphatic rings. The number of nitro groups is 1. The van der Waals surface area contributed by atoms with E-state index in [1.54, 1.807) is 6.92 Å². The van der Waals surface area contributed by atoms with Gasteiger partial charge >= 0.3 is 5.97 Å². The average molecular weight is 244 g/mol. The van der Waals surface area contributed by atoms with Crippen LogP contribution >= 0.6 is 11.6 Å². The van der Waals surface area contributed by atoms with Gasteiger partial charge in [0.05, 0.1) is 15.9 Å². The summed E-state index contributed by atoms with van der Waals surface area (Å²) in [5, 5.41) is 19.4. The van der Waals surface area contributed by atoms with E-state index in [1.165, 1.54) is 18.2 Å². The van der Waals surface area contributed by atoms with Crippen LogP contribution in [-0.2, 0) is 11.2 Å². The molecule has 0 heterocycles. The van der Waals surface area contributed by atoms with E-state index in [9.17, 15) is 14.9 Å². The number of rotatable bonds is 4. The number of carbonyl (C=O) groups is 1. The summed E-state index contributed by atoms with van der Waals surface area (Å²) in [5.41, 5.74) is 0.499. The van der Waals surface area contributed by atoms with Gasteiger partial charge in [0.25, 0.3) is 5.69 Å². The minimum Gasteiger partial charge on any atom is -0.481 e. The highest BCUT2D eigenvalue weighted by atomic mass is 35.5. The third kappa shape index (κ3) is 2.93. The summed E-state index contributed by atoms with van der Waals surface area (Å²) >= 11 is 5.82. The maximum Gasteiger partial charge on any atom is 0.306 e. The van der Waals surface area contributed by atoms with Gasteiger partial charge in [-0.05, 0) is 12.0 Å². The molecule has 1 aromatic rings. The number of nitrogens with zero attached hydrogens (tertiary/aromatic N) is 1. The van der Waals surface area contributed by atoms with Gasteiger partial charge in [0.15, 0.2) is 0 Å². The molecular formula is C10H10ClNO4. The lowest BCUT2D eigenvalue weighted by molar-refractivity contribution is -0.384. The van der Waals surface area contributed by atoms with Gasteiger partial charge in [-0.15, -0.1) is 0 Å². The number of halogens is 1. The van der Waals surface area contributed by atoms with Gasteiger partial charge in [0.2, 0.25) is 0 Å². The highest BCUT2D eigenvalue weighted by Gasteiger charge is 2.15. The molecule has 0 bridgehead atoms. The Morgan fingerprint density at radius 2 is 2.25 bits per heavy atom. The van der Waals surface area contributed by atoms with E-state index in [0.29, 0.717) is 5.56 Å². The first-order chi connectivity index (χ1) is 7.41. The fourth-order valence-corrected chi connectivity index (χ4v) is 1.48. The molecule has 0 aromatic heterocycles. The molecule has 0 spiro atoms. The van der Waals surface area contributed by atoms with Crippen LogP contribution < -0.4 is 0 Å². The molecule has 1 unspecified atom stereocenters. The molecule has 16 heavy (non-hydrogen) atoms. The SMILES string of the molecule is CC(Cc1ccc([N+](=O)[O-])cc1Cl)C(=O)O. The second-order valence-electron chi connectivity index (χ2n) is 3.48. The van der Waals surface area contributed by atoms with Crippen molar-refractivity contribution in [2.45, 2.75) is 13.3 Å². The standard InChI is InChI=1S/C10H10ClNO4/c1-6(10(13)14)4-7-2-3-8(12(15)16)5-9(7)11/h2-3,5-6H,4H2,1H3,(H,13,14). The second kappa shape index (κ2) is 4.94. The van der Waals surface area contributed by atoms with Crippen molar-refractivity contribution in [1.29, 1.82) is 0 Å². The van der Waals surface area contributed by atoms with Crippen LogP contribution in [0.4, 0.5) is 5.69 Å². The zero-order chi connectivity index (χ0) is 12.3. The van der Waals surface area contributed by atoms with Crippen LogP contribution in [0.1, 0.15) is 12.5 Å². The first-order valence-electron chi connectivity index (χ1n) is 4.57. The van der Waals surface area contributed by atoms with Gasteiger partial charge in [-0.1, -0.05) is 24.6 Å². The van der Waals surface area contributed by atoms with Crippen molar-refractivity contribution in [3.63, 3.8) is 0 Å². The molecule has 5 nitrogen and oxygen atoms in total. The zero-order valence-corrected chi connectivity index (χ0v) is 9.27. The topological polar surface area (TPSA) is 80.4 Å². The molecule has 1 aromatic carbocycles. The molecule has 86 valence electrons. The molecule has 0 fully saturated rings. The van der Waals surface area contributed by atoms with Crippen molar-refractivity contribution in [3.05, 3.63) is 38.9 Å². The summed E-state index contributed by atoms with van der Waals surface area (Å²) in [7, 11) is 0. The minimum atomic E-state index is -0.922. The van der Waals surface area contributed by atoms with E-state index < -0.39 is 16.8 Å². The third-order valence-electron chi connectivity index (χ3n) is 2.20. The number of non-ortho nitro benzene ring substituents is 1. The molecule has 1 rings (SSSR count). The number of hydrogen-bond acceptors (Lipinski definition) is 3. The van der Waals surface area contributed by atoms with Crippen LogP contribution in [0.2, 0.25) is 5.02 Å². The quantitative estimate of drug-likeness (QED) is 0.651. The van der Waals surface area contributed by atoms with Crippen molar-refractivity contribution in [3.8, 4) is 0 Å². The summed E-state index contributed by atoms with van der Waals surface area (Å²) < 4.78 is 0. The van der Waals surface area contributed by atoms with Gasteiger partial charge in [-0.2, -0.15) is 0 Å². The van der Waals surface area contributed by atoms with Gasteiger partial charge in [-0.3, -0.25) is 14.9 Å². The minimum absolute atomic E-state index is 0.100. The summed E-state index contributed by atoms with van der Waals surface area (Å²) in [4.78, 5) is 20.5. The molecule has 0 saturated heterocycles. The number of nitro benzene ring substituents is 1. The first-order valence-corrected chi connectivity index (χ1v) is 4.95. The number of hydrogen-bond donors (Lipinski definition) is 1. The van der Waals surface area contributed by atoms with Crippen LogP contribution in [0.25, 0.3) is 0 Å². The van der Waals surface area contributed by atoms with Crippen LogP contribution in [0, 0.1) is 16.0 Å². The summed E-state index contributed by atoms with van der Waals surface area (Å²) in [5.74, 6) is -1.49. The fraction of sp³-hybridized carbons (Fsp3) is 0.300. The molecule has 6 heteroatoms. The predicted molar refractivity (Wildman–Crippen MR) is 58.6 cm³/mol. The Labute approximate surface area is 96.8 Å². The van der Waals surface area contributed by atoms with Crippen molar-refractivity contribution in [2.24, 2.45) is 5.92 Å². The van der Waals surface area contributed by atoms with Crippen LogP contribution in [-0.4, -0.2) is 16.0 Å². The lowest BCUT2D eigenvalue weighted by Gasteiger charge is -2.07. The lowest BCUT2D eigenvalue weighted by Crippen LogP contribution is -2.12.